The number of rotatable bonds is 8. The van der Waals surface area contributed by atoms with E-state index in [1.54, 1.807) is 13.0 Å². The first-order valence-corrected chi connectivity index (χ1v) is 8.65. The van der Waals surface area contributed by atoms with Gasteiger partial charge in [0.25, 0.3) is 0 Å². The van der Waals surface area contributed by atoms with Crippen molar-refractivity contribution < 1.29 is 9.53 Å². The van der Waals surface area contributed by atoms with Crippen LogP contribution in [0.5, 0.6) is 0 Å². The van der Waals surface area contributed by atoms with Crippen LogP contribution in [-0.2, 0) is 16.1 Å². The van der Waals surface area contributed by atoms with Crippen molar-refractivity contribution in [3.05, 3.63) is 36.9 Å². The van der Waals surface area contributed by atoms with Gasteiger partial charge in [-0.2, -0.15) is 0 Å². The summed E-state index contributed by atoms with van der Waals surface area (Å²) in [6.45, 7) is 6.53. The Morgan fingerprint density at radius 1 is 1.42 bits per heavy atom. The van der Waals surface area contributed by atoms with E-state index in [0.29, 0.717) is 18.3 Å². The molecule has 0 atom stereocenters. The van der Waals surface area contributed by atoms with Crippen LogP contribution in [0.2, 0.25) is 0 Å². The van der Waals surface area contributed by atoms with Gasteiger partial charge in [0.2, 0.25) is 0 Å². The summed E-state index contributed by atoms with van der Waals surface area (Å²) < 4.78 is 6.90. The maximum atomic E-state index is 11.6. The Hall–Kier alpha value is -2.28. The smallest absolute Gasteiger partial charge is 0.316 e. The highest BCUT2D eigenvalue weighted by Crippen LogP contribution is 2.26. The summed E-state index contributed by atoms with van der Waals surface area (Å²) in [7, 11) is 3.99. The predicted molar refractivity (Wildman–Crippen MR) is 97.3 cm³/mol. The van der Waals surface area contributed by atoms with Crippen molar-refractivity contribution >= 4 is 23.4 Å². The van der Waals surface area contributed by atoms with E-state index >= 15 is 0 Å². The van der Waals surface area contributed by atoms with Gasteiger partial charge < -0.3 is 9.64 Å². The van der Waals surface area contributed by atoms with Crippen LogP contribution in [0, 0.1) is 0 Å². The van der Waals surface area contributed by atoms with E-state index < -0.39 is 0 Å². The lowest BCUT2D eigenvalue weighted by molar-refractivity contribution is -0.139. The fourth-order valence-corrected chi connectivity index (χ4v) is 2.90. The zero-order valence-corrected chi connectivity index (χ0v) is 15.0. The molecule has 0 radical (unpaired) electrons. The maximum Gasteiger partial charge on any atom is 0.316 e. The van der Waals surface area contributed by atoms with Crippen LogP contribution >= 0.6 is 11.8 Å². The lowest BCUT2D eigenvalue weighted by atomic mass is 10.2. The normalized spacial score (nSPS) is 10.5. The molecular weight excluding hydrogens is 324 g/mol. The molecule has 128 valence electrons. The number of hydrogen-bond acceptors (Lipinski definition) is 6. The van der Waals surface area contributed by atoms with E-state index in [1.807, 2.05) is 41.8 Å². The molecule has 1 aromatic heterocycles. The molecule has 6 nitrogen and oxygen atoms in total. The molecular formula is C17H22N4O2S. The number of hydrogen-bond donors (Lipinski definition) is 0. The quantitative estimate of drug-likeness (QED) is 0.416. The van der Waals surface area contributed by atoms with Crippen LogP contribution in [0.1, 0.15) is 6.92 Å². The molecule has 0 aliphatic carbocycles. The van der Waals surface area contributed by atoms with Crippen LogP contribution in [0.15, 0.2) is 42.1 Å². The second kappa shape index (κ2) is 8.54. The largest absolute Gasteiger partial charge is 0.465 e. The molecule has 0 bridgehead atoms. The van der Waals surface area contributed by atoms with Gasteiger partial charge in [0.1, 0.15) is 0 Å². The van der Waals surface area contributed by atoms with Crippen LogP contribution in [-0.4, -0.2) is 47.2 Å². The summed E-state index contributed by atoms with van der Waals surface area (Å²) in [6.07, 6.45) is 1.79. The van der Waals surface area contributed by atoms with Gasteiger partial charge in [-0.25, -0.2) is 0 Å². The molecule has 2 rings (SSSR count). The third kappa shape index (κ3) is 4.38. The summed E-state index contributed by atoms with van der Waals surface area (Å²) in [6, 6.07) is 8.08. The Labute approximate surface area is 146 Å². The molecule has 0 saturated heterocycles. The third-order valence-electron chi connectivity index (χ3n) is 3.27. The number of carbonyl (C=O) groups is 1. The summed E-state index contributed by atoms with van der Waals surface area (Å²) in [4.78, 5) is 13.6. The molecule has 0 aliphatic heterocycles. The minimum Gasteiger partial charge on any atom is -0.465 e. The fourth-order valence-electron chi connectivity index (χ4n) is 2.15. The van der Waals surface area contributed by atoms with Crippen molar-refractivity contribution in [2.45, 2.75) is 18.6 Å². The molecule has 0 fully saturated rings. The molecule has 0 N–H and O–H groups in total. The van der Waals surface area contributed by atoms with E-state index in [9.17, 15) is 4.79 Å². The summed E-state index contributed by atoms with van der Waals surface area (Å²) in [5, 5.41) is 9.20. The first kappa shape index (κ1) is 18.1. The number of ether oxygens (including phenoxy) is 1. The zero-order chi connectivity index (χ0) is 17.5. The summed E-state index contributed by atoms with van der Waals surface area (Å²) in [5.74, 6) is 0.706. The molecule has 0 saturated carbocycles. The van der Waals surface area contributed by atoms with Gasteiger partial charge in [-0.05, 0) is 19.1 Å². The van der Waals surface area contributed by atoms with Crippen molar-refractivity contribution in [1.29, 1.82) is 0 Å². The fraction of sp³-hybridized carbons (Fsp3) is 0.353. The van der Waals surface area contributed by atoms with Crippen LogP contribution < -0.4 is 4.90 Å². The van der Waals surface area contributed by atoms with Crippen LogP contribution in [0.25, 0.3) is 11.4 Å². The van der Waals surface area contributed by atoms with E-state index in [-0.39, 0.29) is 11.7 Å². The Morgan fingerprint density at radius 3 is 2.88 bits per heavy atom. The molecule has 0 unspecified atom stereocenters. The average Bonchev–Trinajstić information content (AvgIpc) is 2.96. The lowest BCUT2D eigenvalue weighted by Crippen LogP contribution is -2.09. The molecule has 1 heterocycles. The highest BCUT2D eigenvalue weighted by Gasteiger charge is 2.15. The minimum absolute atomic E-state index is 0.209. The topological polar surface area (TPSA) is 60.3 Å². The third-order valence-corrected chi connectivity index (χ3v) is 4.21. The van der Waals surface area contributed by atoms with Gasteiger partial charge in [-0.1, -0.05) is 30.0 Å². The number of carbonyl (C=O) groups excluding carboxylic acids is 1. The van der Waals surface area contributed by atoms with Crippen molar-refractivity contribution in [2.75, 3.05) is 31.4 Å². The first-order chi connectivity index (χ1) is 11.6. The Morgan fingerprint density at radius 2 is 2.21 bits per heavy atom. The van der Waals surface area contributed by atoms with Crippen molar-refractivity contribution in [3.8, 4) is 11.4 Å². The number of benzene rings is 1. The second-order valence-electron chi connectivity index (χ2n) is 5.24. The number of esters is 1. The Kier molecular flexibility index (Phi) is 6.43. The number of allylic oxidation sites excluding steroid dienone is 1. The van der Waals surface area contributed by atoms with Gasteiger partial charge >= 0.3 is 5.97 Å². The summed E-state index contributed by atoms with van der Waals surface area (Å²) >= 11 is 1.32. The molecule has 24 heavy (non-hydrogen) atoms. The van der Waals surface area contributed by atoms with Crippen LogP contribution in [0.3, 0.4) is 0 Å². The molecule has 1 aromatic carbocycles. The van der Waals surface area contributed by atoms with Crippen LogP contribution in [0.4, 0.5) is 5.69 Å². The summed E-state index contributed by atoms with van der Waals surface area (Å²) in [5.41, 5.74) is 2.06. The number of anilines is 1. The van der Waals surface area contributed by atoms with Gasteiger partial charge in [0.05, 0.1) is 12.4 Å². The highest BCUT2D eigenvalue weighted by molar-refractivity contribution is 7.99. The molecule has 2 aromatic rings. The number of nitrogens with zero attached hydrogens (tertiary/aromatic N) is 4. The number of aromatic nitrogens is 3. The van der Waals surface area contributed by atoms with Gasteiger partial charge in [0, 0.05) is 31.9 Å². The zero-order valence-electron chi connectivity index (χ0n) is 14.2. The van der Waals surface area contributed by atoms with Gasteiger partial charge in [-0.15, -0.1) is 16.8 Å². The lowest BCUT2D eigenvalue weighted by Gasteiger charge is -2.14. The SMILES string of the molecule is C=CCn1c(SCC(=O)OCC)nnc1-c1cccc(N(C)C)c1. The standard InChI is InChI=1S/C17H22N4O2S/c1-5-10-21-16(13-8-7-9-14(11-13)20(3)4)18-19-17(21)24-12-15(22)23-6-2/h5,7-9,11H,1,6,10,12H2,2-4H3. The molecule has 0 amide bonds. The van der Waals surface area contributed by atoms with E-state index in [0.717, 1.165) is 17.1 Å². The van der Waals surface area contributed by atoms with Gasteiger partial charge in [0.15, 0.2) is 11.0 Å². The van der Waals surface area contributed by atoms with Crippen molar-refractivity contribution in [2.24, 2.45) is 0 Å². The monoisotopic (exact) mass is 346 g/mol. The highest BCUT2D eigenvalue weighted by atomic mass is 32.2. The van der Waals surface area contributed by atoms with Gasteiger partial charge in [-0.3, -0.25) is 9.36 Å². The predicted octanol–water partition coefficient (Wildman–Crippen LogP) is 2.85. The average molecular weight is 346 g/mol. The molecule has 0 aliphatic rings. The number of thioether (sulfide) groups is 1. The second-order valence-corrected chi connectivity index (χ2v) is 6.19. The molecule has 7 heteroatoms. The van der Waals surface area contributed by atoms with Crippen molar-refractivity contribution in [1.82, 2.24) is 14.8 Å². The first-order valence-electron chi connectivity index (χ1n) is 7.67. The molecule has 0 spiro atoms. The van der Waals surface area contributed by atoms with E-state index in [1.165, 1.54) is 11.8 Å². The minimum atomic E-state index is -0.258. The maximum absolute atomic E-state index is 11.6. The van der Waals surface area contributed by atoms with E-state index in [2.05, 4.69) is 22.8 Å². The van der Waals surface area contributed by atoms with Crippen molar-refractivity contribution in [3.63, 3.8) is 0 Å². The Balaban J connectivity index is 2.29. The van der Waals surface area contributed by atoms with E-state index in [4.69, 9.17) is 4.74 Å². The Bertz CT molecular complexity index is 712.